The van der Waals surface area contributed by atoms with Crippen LogP contribution in [0.3, 0.4) is 0 Å². The fourth-order valence-electron chi connectivity index (χ4n) is 4.83. The second-order valence-electron chi connectivity index (χ2n) is 7.92. The largest absolute Gasteiger partial charge is 0.496 e. The number of likely N-dealkylation sites (tertiary alicyclic amines) is 1. The maximum Gasteiger partial charge on any atom is 0.138 e. The quantitative estimate of drug-likeness (QED) is 0.854. The first kappa shape index (κ1) is 18.7. The van der Waals surface area contributed by atoms with Gasteiger partial charge < -0.3 is 14.7 Å². The van der Waals surface area contributed by atoms with E-state index < -0.39 is 5.60 Å². The maximum atomic E-state index is 12.4. The summed E-state index contributed by atoms with van der Waals surface area (Å²) in [5.74, 6) is 0.790. The predicted octanol–water partition coefficient (Wildman–Crippen LogP) is 3.73. The minimum Gasteiger partial charge on any atom is -0.496 e. The zero-order valence-corrected chi connectivity index (χ0v) is 17.0. The van der Waals surface area contributed by atoms with Gasteiger partial charge in [-0.05, 0) is 81.6 Å². The number of nitrogens with zero attached hydrogens (tertiary/aromatic N) is 2. The third-order valence-corrected chi connectivity index (χ3v) is 6.84. The number of aryl methyl sites for hydroxylation is 2. The van der Waals surface area contributed by atoms with Crippen molar-refractivity contribution >= 4 is 11.6 Å². The summed E-state index contributed by atoms with van der Waals surface area (Å²) >= 11 is 6.75. The fraction of sp³-hybridized carbons (Fsp3) is 0.500. The molecule has 0 amide bonds. The molecule has 144 valence electrons. The van der Waals surface area contributed by atoms with E-state index in [1.807, 2.05) is 19.1 Å². The first-order valence-electron chi connectivity index (χ1n) is 9.68. The number of ether oxygens (including phenoxy) is 1. The average molecular weight is 387 g/mol. The summed E-state index contributed by atoms with van der Waals surface area (Å²) < 4.78 is 5.77. The molecule has 2 aliphatic rings. The smallest absolute Gasteiger partial charge is 0.138 e. The minimum atomic E-state index is -1.19. The van der Waals surface area contributed by atoms with E-state index in [0.717, 1.165) is 71.7 Å². The van der Waals surface area contributed by atoms with Crippen LogP contribution < -0.4 is 4.74 Å². The van der Waals surface area contributed by atoms with Crippen LogP contribution >= 0.6 is 11.6 Å². The lowest BCUT2D eigenvalue weighted by Gasteiger charge is -2.42. The van der Waals surface area contributed by atoms with Crippen molar-refractivity contribution in [2.24, 2.45) is 5.92 Å². The van der Waals surface area contributed by atoms with E-state index in [1.165, 1.54) is 0 Å². The summed E-state index contributed by atoms with van der Waals surface area (Å²) in [4.78, 5) is 7.01. The number of rotatable bonds is 2. The number of halogens is 1. The Hall–Kier alpha value is -1.62. The molecular formula is C22H27ClN2O2. The van der Waals surface area contributed by atoms with Crippen molar-refractivity contribution in [2.75, 3.05) is 27.2 Å². The number of aliphatic hydroxyl groups is 1. The average Bonchev–Trinajstić information content (AvgIpc) is 2.81. The molecule has 4 rings (SSSR count). The molecule has 1 N–H and O–H groups in total. The number of hydrogen-bond donors (Lipinski definition) is 1. The third-order valence-electron chi connectivity index (χ3n) is 6.31. The molecule has 0 bridgehead atoms. The molecular weight excluding hydrogens is 360 g/mol. The summed E-state index contributed by atoms with van der Waals surface area (Å²) in [6.45, 7) is 3.93. The van der Waals surface area contributed by atoms with E-state index in [-0.39, 0.29) is 5.92 Å². The Balaban J connectivity index is 2.00. The fourth-order valence-corrected chi connectivity index (χ4v) is 5.07. The van der Waals surface area contributed by atoms with Crippen LogP contribution in [0.5, 0.6) is 5.75 Å². The lowest BCUT2D eigenvalue weighted by molar-refractivity contribution is -0.0164. The van der Waals surface area contributed by atoms with Crippen molar-refractivity contribution in [1.29, 1.82) is 0 Å². The molecule has 1 fully saturated rings. The zero-order valence-electron chi connectivity index (χ0n) is 16.3. The number of benzene rings is 1. The van der Waals surface area contributed by atoms with Crippen molar-refractivity contribution in [3.05, 3.63) is 57.4 Å². The Bertz CT molecular complexity index is 862. The number of fused-ring (bicyclic) bond motifs is 2. The Morgan fingerprint density at radius 2 is 2.04 bits per heavy atom. The number of methoxy groups -OCH3 is 1. The highest BCUT2D eigenvalue weighted by Gasteiger charge is 2.48. The number of pyridine rings is 1. The van der Waals surface area contributed by atoms with Gasteiger partial charge in [-0.1, -0.05) is 17.7 Å². The number of aromatic nitrogens is 1. The van der Waals surface area contributed by atoms with Crippen LogP contribution in [0.15, 0.2) is 24.4 Å². The van der Waals surface area contributed by atoms with Crippen molar-refractivity contribution in [3.8, 4) is 5.75 Å². The van der Waals surface area contributed by atoms with Gasteiger partial charge in [-0.25, -0.2) is 0 Å². The van der Waals surface area contributed by atoms with Crippen LogP contribution in [0.1, 0.15) is 40.8 Å². The lowest BCUT2D eigenvalue weighted by atomic mass is 9.72. The molecule has 1 atom stereocenters. The van der Waals surface area contributed by atoms with E-state index in [2.05, 4.69) is 18.0 Å². The van der Waals surface area contributed by atoms with Crippen molar-refractivity contribution in [3.63, 3.8) is 0 Å². The van der Waals surface area contributed by atoms with Crippen LogP contribution in [0.2, 0.25) is 5.02 Å². The Kier molecular flexibility index (Phi) is 4.91. The van der Waals surface area contributed by atoms with Gasteiger partial charge in [0, 0.05) is 22.7 Å². The van der Waals surface area contributed by atoms with E-state index in [9.17, 15) is 5.11 Å². The molecule has 0 saturated carbocycles. The van der Waals surface area contributed by atoms with Crippen molar-refractivity contribution < 1.29 is 9.84 Å². The highest BCUT2D eigenvalue weighted by atomic mass is 35.5. The van der Waals surface area contributed by atoms with Crippen LogP contribution in [0.4, 0.5) is 0 Å². The van der Waals surface area contributed by atoms with E-state index >= 15 is 0 Å². The molecule has 5 heteroatoms. The van der Waals surface area contributed by atoms with Crippen molar-refractivity contribution in [1.82, 2.24) is 9.88 Å². The first-order valence-corrected chi connectivity index (χ1v) is 10.1. The molecule has 4 nitrogen and oxygen atoms in total. The number of hydrogen-bond acceptors (Lipinski definition) is 4. The van der Waals surface area contributed by atoms with E-state index in [1.54, 1.807) is 13.3 Å². The van der Waals surface area contributed by atoms with Gasteiger partial charge in [0.1, 0.15) is 11.4 Å². The Labute approximate surface area is 166 Å². The van der Waals surface area contributed by atoms with Gasteiger partial charge in [-0.3, -0.25) is 4.98 Å². The van der Waals surface area contributed by atoms with E-state index in [0.29, 0.717) is 5.75 Å². The van der Waals surface area contributed by atoms with Crippen LogP contribution in [-0.2, 0) is 18.4 Å². The maximum absolute atomic E-state index is 12.4. The highest BCUT2D eigenvalue weighted by molar-refractivity contribution is 6.32. The molecule has 1 aromatic carbocycles. The second-order valence-corrected chi connectivity index (χ2v) is 8.30. The van der Waals surface area contributed by atoms with Gasteiger partial charge in [0.2, 0.25) is 0 Å². The molecule has 27 heavy (non-hydrogen) atoms. The standard InChI is InChI=1S/C22H27ClN2O2/c1-14-13-18(27-3)19-17(20(14)23)7-6-15-5-4-10-24-21(15)22(19,26)16-8-11-25(2)12-9-16/h4-5,10,13,16,26H,6-9,11-12H2,1-3H3. The monoisotopic (exact) mass is 386 g/mol. The molecule has 0 radical (unpaired) electrons. The Morgan fingerprint density at radius 1 is 1.30 bits per heavy atom. The molecule has 1 unspecified atom stereocenters. The lowest BCUT2D eigenvalue weighted by Crippen LogP contribution is -2.44. The molecule has 0 spiro atoms. The molecule has 1 aromatic heterocycles. The van der Waals surface area contributed by atoms with Crippen LogP contribution in [-0.4, -0.2) is 42.2 Å². The SMILES string of the molecule is COc1cc(C)c(Cl)c2c1C(O)(C1CCN(C)CC1)c1ncccc1CC2. The molecule has 1 aliphatic heterocycles. The topological polar surface area (TPSA) is 45.6 Å². The first-order chi connectivity index (χ1) is 13.0. The molecule has 1 saturated heterocycles. The summed E-state index contributed by atoms with van der Waals surface area (Å²) in [5, 5.41) is 13.1. The van der Waals surface area contributed by atoms with Crippen LogP contribution in [0, 0.1) is 12.8 Å². The minimum absolute atomic E-state index is 0.0758. The van der Waals surface area contributed by atoms with Gasteiger partial charge in [0.25, 0.3) is 0 Å². The third kappa shape index (κ3) is 2.95. The van der Waals surface area contributed by atoms with E-state index in [4.69, 9.17) is 21.3 Å². The molecule has 2 heterocycles. The predicted molar refractivity (Wildman–Crippen MR) is 108 cm³/mol. The normalized spacial score (nSPS) is 23.4. The van der Waals surface area contributed by atoms with Gasteiger partial charge in [-0.15, -0.1) is 0 Å². The summed E-state index contributed by atoms with van der Waals surface area (Å²) in [7, 11) is 3.80. The second kappa shape index (κ2) is 7.08. The van der Waals surface area contributed by atoms with Crippen molar-refractivity contribution in [2.45, 2.75) is 38.2 Å². The van der Waals surface area contributed by atoms with Crippen LogP contribution in [0.25, 0.3) is 0 Å². The van der Waals surface area contributed by atoms with Gasteiger partial charge >= 0.3 is 0 Å². The van der Waals surface area contributed by atoms with Gasteiger partial charge in [0.05, 0.1) is 12.8 Å². The number of piperidine rings is 1. The zero-order chi connectivity index (χ0) is 19.2. The molecule has 1 aliphatic carbocycles. The highest BCUT2D eigenvalue weighted by Crippen LogP contribution is 2.50. The van der Waals surface area contributed by atoms with Gasteiger partial charge in [-0.2, -0.15) is 0 Å². The van der Waals surface area contributed by atoms with Gasteiger partial charge in [0.15, 0.2) is 0 Å². The summed E-state index contributed by atoms with van der Waals surface area (Å²) in [6.07, 6.45) is 5.21. The Morgan fingerprint density at radius 3 is 2.74 bits per heavy atom. The summed E-state index contributed by atoms with van der Waals surface area (Å²) in [5.41, 5.74) is 3.51. The summed E-state index contributed by atoms with van der Waals surface area (Å²) in [6, 6.07) is 5.99. The molecule has 2 aromatic rings.